The van der Waals surface area contributed by atoms with E-state index in [0.29, 0.717) is 18.0 Å². The standard InChI is InChI=1S/C20H20N2O3/c23-20(19-14-24-17-8-3-4-9-18(17)25-19)21-11-5-12-22-13-10-15-6-1-2-7-16(15)22/h1-4,6-10,13,19H,5,11-12,14H2,(H,21,23)/t19-/m0/s1. The van der Waals surface area contributed by atoms with E-state index in [2.05, 4.69) is 34.3 Å². The lowest BCUT2D eigenvalue weighted by Gasteiger charge is -2.25. The number of hydrogen-bond donors (Lipinski definition) is 1. The Kier molecular flexibility index (Phi) is 4.29. The van der Waals surface area contributed by atoms with E-state index < -0.39 is 6.10 Å². The number of ether oxygens (including phenoxy) is 2. The highest BCUT2D eigenvalue weighted by atomic mass is 16.6. The smallest absolute Gasteiger partial charge is 0.264 e. The number of amides is 1. The molecule has 2 aromatic carbocycles. The van der Waals surface area contributed by atoms with Gasteiger partial charge in [-0.25, -0.2) is 0 Å². The van der Waals surface area contributed by atoms with Crippen molar-refractivity contribution in [1.29, 1.82) is 0 Å². The van der Waals surface area contributed by atoms with Crippen molar-refractivity contribution in [2.24, 2.45) is 0 Å². The van der Waals surface area contributed by atoms with Crippen molar-refractivity contribution < 1.29 is 14.3 Å². The van der Waals surface area contributed by atoms with Gasteiger partial charge in [0.2, 0.25) is 6.10 Å². The van der Waals surface area contributed by atoms with Crippen molar-refractivity contribution >= 4 is 16.8 Å². The molecule has 128 valence electrons. The van der Waals surface area contributed by atoms with E-state index in [1.165, 1.54) is 10.9 Å². The minimum absolute atomic E-state index is 0.133. The van der Waals surface area contributed by atoms with Gasteiger partial charge >= 0.3 is 0 Å². The topological polar surface area (TPSA) is 52.5 Å². The van der Waals surface area contributed by atoms with E-state index in [9.17, 15) is 4.79 Å². The quantitative estimate of drug-likeness (QED) is 0.729. The molecule has 0 bridgehead atoms. The molecule has 1 aliphatic heterocycles. The molecule has 4 rings (SSSR count). The Labute approximate surface area is 146 Å². The Balaban J connectivity index is 1.27. The van der Waals surface area contributed by atoms with E-state index in [1.54, 1.807) is 0 Å². The molecule has 3 aromatic rings. The highest BCUT2D eigenvalue weighted by Crippen LogP contribution is 2.30. The summed E-state index contributed by atoms with van der Waals surface area (Å²) >= 11 is 0. The zero-order valence-corrected chi connectivity index (χ0v) is 13.9. The second kappa shape index (κ2) is 6.89. The summed E-state index contributed by atoms with van der Waals surface area (Å²) in [5.41, 5.74) is 1.22. The first-order valence-electron chi connectivity index (χ1n) is 8.51. The summed E-state index contributed by atoms with van der Waals surface area (Å²) in [7, 11) is 0. The van der Waals surface area contributed by atoms with E-state index in [1.807, 2.05) is 36.4 Å². The molecule has 1 N–H and O–H groups in total. The van der Waals surface area contributed by atoms with Crippen LogP contribution in [0, 0.1) is 0 Å². The summed E-state index contributed by atoms with van der Waals surface area (Å²) in [5, 5.41) is 4.17. The fourth-order valence-corrected chi connectivity index (χ4v) is 3.06. The molecule has 1 aromatic heterocycles. The van der Waals surface area contributed by atoms with Gasteiger partial charge in [-0.2, -0.15) is 0 Å². The van der Waals surface area contributed by atoms with E-state index >= 15 is 0 Å². The number of aryl methyl sites for hydroxylation is 1. The molecule has 0 saturated carbocycles. The van der Waals surface area contributed by atoms with Crippen molar-refractivity contribution in [1.82, 2.24) is 9.88 Å². The molecule has 0 radical (unpaired) electrons. The number of aromatic nitrogens is 1. The van der Waals surface area contributed by atoms with Gasteiger partial charge in [0.1, 0.15) is 6.61 Å². The molecule has 0 aliphatic carbocycles. The van der Waals surface area contributed by atoms with Crippen molar-refractivity contribution in [3.63, 3.8) is 0 Å². The Bertz CT molecular complexity index is 887. The lowest BCUT2D eigenvalue weighted by molar-refractivity contribution is -0.130. The molecule has 0 saturated heterocycles. The maximum absolute atomic E-state index is 12.3. The molecule has 1 amide bonds. The minimum atomic E-state index is -0.595. The molecule has 1 atom stereocenters. The van der Waals surface area contributed by atoms with Gasteiger partial charge in [-0.3, -0.25) is 4.79 Å². The maximum Gasteiger partial charge on any atom is 0.264 e. The number of para-hydroxylation sites is 3. The second-order valence-electron chi connectivity index (χ2n) is 6.08. The number of fused-ring (bicyclic) bond motifs is 2. The van der Waals surface area contributed by atoms with Crippen LogP contribution < -0.4 is 14.8 Å². The van der Waals surface area contributed by atoms with Gasteiger partial charge in [0.25, 0.3) is 5.91 Å². The fraction of sp³-hybridized carbons (Fsp3) is 0.250. The van der Waals surface area contributed by atoms with Gasteiger partial charge < -0.3 is 19.4 Å². The number of hydrogen-bond acceptors (Lipinski definition) is 3. The maximum atomic E-state index is 12.3. The van der Waals surface area contributed by atoms with Crippen LogP contribution in [0.25, 0.3) is 10.9 Å². The summed E-state index contributed by atoms with van der Waals surface area (Å²) in [6, 6.07) is 17.8. The van der Waals surface area contributed by atoms with E-state index in [-0.39, 0.29) is 12.5 Å². The zero-order chi connectivity index (χ0) is 17.1. The van der Waals surface area contributed by atoms with Crippen molar-refractivity contribution in [2.75, 3.05) is 13.2 Å². The number of carbonyl (C=O) groups excluding carboxylic acids is 1. The van der Waals surface area contributed by atoms with Crippen LogP contribution in [0.2, 0.25) is 0 Å². The van der Waals surface area contributed by atoms with Gasteiger partial charge in [0.05, 0.1) is 0 Å². The van der Waals surface area contributed by atoms with Crippen LogP contribution in [0.15, 0.2) is 60.8 Å². The molecule has 5 nitrogen and oxygen atoms in total. The molecular weight excluding hydrogens is 316 g/mol. The Morgan fingerprint density at radius 1 is 1.08 bits per heavy atom. The summed E-state index contributed by atoms with van der Waals surface area (Å²) in [6.07, 6.45) is 2.35. The van der Waals surface area contributed by atoms with Crippen LogP contribution in [0.5, 0.6) is 11.5 Å². The van der Waals surface area contributed by atoms with Gasteiger partial charge in [0, 0.05) is 24.8 Å². The number of rotatable bonds is 5. The zero-order valence-electron chi connectivity index (χ0n) is 13.9. The summed E-state index contributed by atoms with van der Waals surface area (Å²) in [4.78, 5) is 12.3. The third-order valence-electron chi connectivity index (χ3n) is 4.36. The second-order valence-corrected chi connectivity index (χ2v) is 6.08. The summed E-state index contributed by atoms with van der Waals surface area (Å²) in [6.45, 7) is 1.70. The lowest BCUT2D eigenvalue weighted by atomic mass is 10.2. The monoisotopic (exact) mass is 336 g/mol. The van der Waals surface area contributed by atoms with Crippen LogP contribution in [-0.4, -0.2) is 29.7 Å². The van der Waals surface area contributed by atoms with Crippen LogP contribution in [0.3, 0.4) is 0 Å². The number of benzene rings is 2. The molecule has 0 unspecified atom stereocenters. The number of nitrogens with zero attached hydrogens (tertiary/aromatic N) is 1. The van der Waals surface area contributed by atoms with Gasteiger partial charge in [-0.15, -0.1) is 0 Å². The van der Waals surface area contributed by atoms with Gasteiger partial charge in [-0.05, 0) is 36.1 Å². The first-order valence-corrected chi connectivity index (χ1v) is 8.51. The lowest BCUT2D eigenvalue weighted by Crippen LogP contribution is -2.44. The molecule has 5 heteroatoms. The molecule has 0 fully saturated rings. The average Bonchev–Trinajstić information content (AvgIpc) is 3.08. The fourth-order valence-electron chi connectivity index (χ4n) is 3.06. The molecular formula is C20H20N2O3. The normalized spacial score (nSPS) is 15.9. The highest BCUT2D eigenvalue weighted by molar-refractivity contribution is 5.82. The third kappa shape index (κ3) is 3.31. The van der Waals surface area contributed by atoms with Crippen LogP contribution in [0.4, 0.5) is 0 Å². The average molecular weight is 336 g/mol. The molecule has 0 spiro atoms. The van der Waals surface area contributed by atoms with Crippen LogP contribution in [0.1, 0.15) is 6.42 Å². The first-order chi connectivity index (χ1) is 12.3. The molecule has 2 heterocycles. The SMILES string of the molecule is O=C(NCCCn1ccc2ccccc21)[C@@H]1COc2ccccc2O1. The van der Waals surface area contributed by atoms with E-state index in [0.717, 1.165) is 13.0 Å². The van der Waals surface area contributed by atoms with Gasteiger partial charge in [-0.1, -0.05) is 30.3 Å². The third-order valence-corrected chi connectivity index (χ3v) is 4.36. The van der Waals surface area contributed by atoms with Crippen molar-refractivity contribution in [2.45, 2.75) is 19.1 Å². The predicted octanol–water partition coefficient (Wildman–Crippen LogP) is 2.99. The summed E-state index contributed by atoms with van der Waals surface area (Å²) < 4.78 is 13.5. The molecule has 25 heavy (non-hydrogen) atoms. The number of nitrogens with one attached hydrogen (secondary N) is 1. The molecule has 1 aliphatic rings. The number of carbonyl (C=O) groups is 1. The Morgan fingerprint density at radius 3 is 2.80 bits per heavy atom. The van der Waals surface area contributed by atoms with E-state index in [4.69, 9.17) is 9.47 Å². The van der Waals surface area contributed by atoms with Crippen molar-refractivity contribution in [3.8, 4) is 11.5 Å². The van der Waals surface area contributed by atoms with Crippen molar-refractivity contribution in [3.05, 3.63) is 60.8 Å². The first kappa shape index (κ1) is 15.6. The minimum Gasteiger partial charge on any atom is -0.485 e. The Hall–Kier alpha value is -2.95. The van der Waals surface area contributed by atoms with Crippen LogP contribution in [-0.2, 0) is 11.3 Å². The summed E-state index contributed by atoms with van der Waals surface area (Å²) in [5.74, 6) is 1.17. The predicted molar refractivity (Wildman–Crippen MR) is 95.9 cm³/mol. The van der Waals surface area contributed by atoms with Gasteiger partial charge in [0.15, 0.2) is 11.5 Å². The van der Waals surface area contributed by atoms with Crippen LogP contribution >= 0.6 is 0 Å². The largest absolute Gasteiger partial charge is 0.485 e. The highest BCUT2D eigenvalue weighted by Gasteiger charge is 2.26. The Morgan fingerprint density at radius 2 is 1.88 bits per heavy atom.